The lowest BCUT2D eigenvalue weighted by atomic mass is 10.0. The number of esters is 1. The van der Waals surface area contributed by atoms with Crippen LogP contribution in [0.3, 0.4) is 0 Å². The zero-order valence-corrected chi connectivity index (χ0v) is 15.2. The molecule has 0 aromatic heterocycles. The molecular weight excluding hydrogens is 336 g/mol. The number of rotatable bonds is 7. The molecule has 1 aromatic carbocycles. The number of benzene rings is 1. The summed E-state index contributed by atoms with van der Waals surface area (Å²) in [5, 5.41) is 11.2. The van der Waals surface area contributed by atoms with Gasteiger partial charge in [-0.15, -0.1) is 0 Å². The van der Waals surface area contributed by atoms with Crippen LogP contribution in [0.2, 0.25) is 0 Å². The molecule has 1 amide bonds. The molecular formula is C19H26N2O5. The smallest absolute Gasteiger partial charge is 0.307 e. The fourth-order valence-corrected chi connectivity index (χ4v) is 3.50. The third kappa shape index (κ3) is 5.54. The molecule has 0 N–H and O–H groups in total. The molecule has 0 unspecified atom stereocenters. The molecule has 7 nitrogen and oxygen atoms in total. The lowest BCUT2D eigenvalue weighted by Gasteiger charge is -2.31. The quantitative estimate of drug-likeness (QED) is 0.321. The van der Waals surface area contributed by atoms with Gasteiger partial charge >= 0.3 is 5.97 Å². The maximum Gasteiger partial charge on any atom is 0.307 e. The predicted molar refractivity (Wildman–Crippen MR) is 96.6 cm³/mol. The Morgan fingerprint density at radius 2 is 1.85 bits per heavy atom. The number of amides is 1. The SMILES string of the molecule is COC(=O)CCN(C(=O)Cc1ccccc1[N+](=O)[O-])C1CCCCCC1. The van der Waals surface area contributed by atoms with Crippen molar-refractivity contribution in [3.05, 3.63) is 39.9 Å². The third-order valence-corrected chi connectivity index (χ3v) is 4.90. The highest BCUT2D eigenvalue weighted by atomic mass is 16.6. The minimum atomic E-state index is -0.465. The van der Waals surface area contributed by atoms with E-state index in [1.807, 2.05) is 0 Å². The molecule has 1 aromatic rings. The summed E-state index contributed by atoms with van der Waals surface area (Å²) in [6.07, 6.45) is 6.33. The summed E-state index contributed by atoms with van der Waals surface area (Å²) < 4.78 is 4.70. The molecule has 0 atom stereocenters. The Labute approximate surface area is 153 Å². The van der Waals surface area contributed by atoms with E-state index in [4.69, 9.17) is 4.74 Å². The minimum Gasteiger partial charge on any atom is -0.469 e. The lowest BCUT2D eigenvalue weighted by molar-refractivity contribution is -0.385. The average Bonchev–Trinajstić information content (AvgIpc) is 2.91. The van der Waals surface area contributed by atoms with Crippen molar-refractivity contribution in [3.63, 3.8) is 0 Å². The van der Waals surface area contributed by atoms with Crippen LogP contribution < -0.4 is 0 Å². The number of carbonyl (C=O) groups excluding carboxylic acids is 2. The molecule has 0 spiro atoms. The summed E-state index contributed by atoms with van der Waals surface area (Å²) in [7, 11) is 1.33. The molecule has 0 bridgehead atoms. The first-order valence-electron chi connectivity index (χ1n) is 9.11. The highest BCUT2D eigenvalue weighted by molar-refractivity contribution is 5.81. The predicted octanol–water partition coefficient (Wildman–Crippen LogP) is 3.25. The fourth-order valence-electron chi connectivity index (χ4n) is 3.50. The fraction of sp³-hybridized carbons (Fsp3) is 0.579. The van der Waals surface area contributed by atoms with Gasteiger partial charge in [0.05, 0.1) is 24.9 Å². The van der Waals surface area contributed by atoms with Crippen LogP contribution in [0.1, 0.15) is 50.5 Å². The largest absolute Gasteiger partial charge is 0.469 e. The number of hydrogen-bond acceptors (Lipinski definition) is 5. The van der Waals surface area contributed by atoms with E-state index >= 15 is 0 Å². The van der Waals surface area contributed by atoms with E-state index in [1.54, 1.807) is 23.1 Å². The van der Waals surface area contributed by atoms with E-state index in [0.29, 0.717) is 5.56 Å². The molecule has 1 aliphatic carbocycles. The van der Waals surface area contributed by atoms with Crippen molar-refractivity contribution in [1.29, 1.82) is 0 Å². The number of hydrogen-bond donors (Lipinski definition) is 0. The lowest BCUT2D eigenvalue weighted by Crippen LogP contribution is -2.42. The summed E-state index contributed by atoms with van der Waals surface area (Å²) in [5.41, 5.74) is 0.355. The summed E-state index contributed by atoms with van der Waals surface area (Å²) in [6.45, 7) is 0.288. The first kappa shape index (κ1) is 19.9. The zero-order chi connectivity index (χ0) is 18.9. The molecule has 1 fully saturated rings. The van der Waals surface area contributed by atoms with E-state index < -0.39 is 4.92 Å². The number of ether oxygens (including phenoxy) is 1. The topological polar surface area (TPSA) is 89.8 Å². The monoisotopic (exact) mass is 362 g/mol. The van der Waals surface area contributed by atoms with Gasteiger partial charge in [-0.1, -0.05) is 43.9 Å². The molecule has 1 aliphatic rings. The maximum atomic E-state index is 13.0. The van der Waals surface area contributed by atoms with Gasteiger partial charge in [-0.2, -0.15) is 0 Å². The molecule has 0 heterocycles. The van der Waals surface area contributed by atoms with Crippen LogP contribution in [0.5, 0.6) is 0 Å². The second-order valence-corrected chi connectivity index (χ2v) is 6.62. The molecule has 0 aliphatic heterocycles. The Bertz CT molecular complexity index is 639. The van der Waals surface area contributed by atoms with Crippen molar-refractivity contribution in [2.45, 2.75) is 57.4 Å². The number of para-hydroxylation sites is 1. The normalized spacial score (nSPS) is 15.1. The Kier molecular flexibility index (Phi) is 7.56. The summed E-state index contributed by atoms with van der Waals surface area (Å²) in [5.74, 6) is -0.530. The molecule has 7 heteroatoms. The van der Waals surface area contributed by atoms with E-state index in [1.165, 1.54) is 13.2 Å². The van der Waals surface area contributed by atoms with Gasteiger partial charge in [0, 0.05) is 24.2 Å². The Balaban J connectivity index is 2.16. The van der Waals surface area contributed by atoms with E-state index in [-0.39, 0.29) is 43.0 Å². The molecule has 0 radical (unpaired) electrons. The van der Waals surface area contributed by atoms with Gasteiger partial charge in [0.2, 0.25) is 5.91 Å². The standard InChI is InChI=1S/C19H26N2O5/c1-26-19(23)12-13-20(16-9-4-2-3-5-10-16)18(22)14-15-8-6-7-11-17(15)21(24)25/h6-8,11,16H,2-5,9-10,12-14H2,1H3. The summed E-state index contributed by atoms with van der Waals surface area (Å²) in [6, 6.07) is 6.39. The highest BCUT2D eigenvalue weighted by Gasteiger charge is 2.27. The Hall–Kier alpha value is -2.44. The highest BCUT2D eigenvalue weighted by Crippen LogP contribution is 2.24. The van der Waals surface area contributed by atoms with Crippen LogP contribution >= 0.6 is 0 Å². The van der Waals surface area contributed by atoms with Crippen LogP contribution in [-0.2, 0) is 20.7 Å². The van der Waals surface area contributed by atoms with Crippen LogP contribution in [0.25, 0.3) is 0 Å². The second-order valence-electron chi connectivity index (χ2n) is 6.62. The average molecular weight is 362 g/mol. The van der Waals surface area contributed by atoms with Crippen LogP contribution in [0.4, 0.5) is 5.69 Å². The van der Waals surface area contributed by atoms with Crippen molar-refractivity contribution in [1.82, 2.24) is 4.90 Å². The number of carbonyl (C=O) groups is 2. The van der Waals surface area contributed by atoms with Gasteiger partial charge in [-0.25, -0.2) is 0 Å². The van der Waals surface area contributed by atoms with Gasteiger partial charge in [0.15, 0.2) is 0 Å². The van der Waals surface area contributed by atoms with Gasteiger partial charge < -0.3 is 9.64 Å². The van der Waals surface area contributed by atoms with Crippen molar-refractivity contribution in [2.24, 2.45) is 0 Å². The van der Waals surface area contributed by atoms with Gasteiger partial charge in [0.25, 0.3) is 5.69 Å². The zero-order valence-electron chi connectivity index (χ0n) is 15.2. The summed E-state index contributed by atoms with van der Waals surface area (Å²) in [4.78, 5) is 37.0. The molecule has 142 valence electrons. The van der Waals surface area contributed by atoms with Gasteiger partial charge in [-0.05, 0) is 12.8 Å². The van der Waals surface area contributed by atoms with Gasteiger partial charge in [-0.3, -0.25) is 19.7 Å². The first-order chi connectivity index (χ1) is 12.5. The van der Waals surface area contributed by atoms with Crippen molar-refractivity contribution in [3.8, 4) is 0 Å². The van der Waals surface area contributed by atoms with E-state index in [9.17, 15) is 19.7 Å². The summed E-state index contributed by atoms with van der Waals surface area (Å²) >= 11 is 0. The number of nitro groups is 1. The Morgan fingerprint density at radius 1 is 1.19 bits per heavy atom. The van der Waals surface area contributed by atoms with Crippen molar-refractivity contribution in [2.75, 3.05) is 13.7 Å². The molecule has 1 saturated carbocycles. The number of nitro benzene ring substituents is 1. The van der Waals surface area contributed by atoms with E-state index in [2.05, 4.69) is 0 Å². The molecule has 2 rings (SSSR count). The molecule has 26 heavy (non-hydrogen) atoms. The molecule has 0 saturated heterocycles. The maximum absolute atomic E-state index is 13.0. The van der Waals surface area contributed by atoms with E-state index in [0.717, 1.165) is 38.5 Å². The third-order valence-electron chi connectivity index (χ3n) is 4.90. The first-order valence-corrected chi connectivity index (χ1v) is 9.11. The van der Waals surface area contributed by atoms with Crippen molar-refractivity contribution >= 4 is 17.6 Å². The van der Waals surface area contributed by atoms with Crippen LogP contribution in [0.15, 0.2) is 24.3 Å². The second kappa shape index (κ2) is 9.89. The number of methoxy groups -OCH3 is 1. The minimum absolute atomic E-state index is 0.0329. The Morgan fingerprint density at radius 3 is 2.46 bits per heavy atom. The van der Waals surface area contributed by atoms with Crippen molar-refractivity contribution < 1.29 is 19.2 Å². The van der Waals surface area contributed by atoms with Crippen LogP contribution in [-0.4, -0.2) is 41.4 Å². The van der Waals surface area contributed by atoms with Gasteiger partial charge in [0.1, 0.15) is 0 Å². The number of nitrogens with zero attached hydrogens (tertiary/aromatic N) is 2. The van der Waals surface area contributed by atoms with Crippen LogP contribution in [0, 0.1) is 10.1 Å².